The molecule has 0 aliphatic rings. The van der Waals surface area contributed by atoms with Gasteiger partial charge >= 0.3 is 6.09 Å². The molecule has 4 N–H and O–H groups in total. The largest absolute Gasteiger partial charge is 0.444 e. The Morgan fingerprint density at radius 1 is 1.10 bits per heavy atom. The van der Waals surface area contributed by atoms with E-state index in [0.717, 1.165) is 6.07 Å². The van der Waals surface area contributed by atoms with Gasteiger partial charge in [0.2, 0.25) is 11.8 Å². The van der Waals surface area contributed by atoms with Crippen LogP contribution in [0.2, 0.25) is 0 Å². The maximum absolute atomic E-state index is 14.0. The van der Waals surface area contributed by atoms with E-state index in [-0.39, 0.29) is 18.2 Å². The van der Waals surface area contributed by atoms with Crippen molar-refractivity contribution in [1.29, 1.82) is 0 Å². The Kier molecular flexibility index (Phi) is 8.57. The Morgan fingerprint density at radius 3 is 2.21 bits per heavy atom. The molecular formula is C20H30FN3O5. The van der Waals surface area contributed by atoms with Gasteiger partial charge < -0.3 is 25.8 Å². The lowest BCUT2D eigenvalue weighted by Gasteiger charge is -2.26. The van der Waals surface area contributed by atoms with Crippen molar-refractivity contribution in [3.8, 4) is 0 Å². The van der Waals surface area contributed by atoms with Crippen molar-refractivity contribution in [2.24, 2.45) is 5.92 Å². The Morgan fingerprint density at radius 2 is 1.72 bits per heavy atom. The molecule has 0 saturated heterocycles. The zero-order chi connectivity index (χ0) is 22.4. The molecule has 0 aliphatic heterocycles. The van der Waals surface area contributed by atoms with E-state index in [4.69, 9.17) is 9.84 Å². The average Bonchev–Trinajstić information content (AvgIpc) is 2.59. The van der Waals surface area contributed by atoms with Crippen LogP contribution in [-0.2, 0) is 20.9 Å². The van der Waals surface area contributed by atoms with Gasteiger partial charge in [-0.05, 0) is 51.3 Å². The number of aliphatic hydroxyl groups is 1. The van der Waals surface area contributed by atoms with Gasteiger partial charge in [-0.15, -0.1) is 0 Å². The van der Waals surface area contributed by atoms with Crippen LogP contribution in [0.25, 0.3) is 0 Å². The fraction of sp³-hybridized carbons (Fsp3) is 0.550. The molecule has 0 spiro atoms. The lowest BCUT2D eigenvalue weighted by molar-refractivity contribution is -0.128. The highest BCUT2D eigenvalue weighted by atomic mass is 19.1. The van der Waals surface area contributed by atoms with E-state index in [2.05, 4.69) is 16.0 Å². The summed E-state index contributed by atoms with van der Waals surface area (Å²) in [6.07, 6.45) is -0.741. The summed E-state index contributed by atoms with van der Waals surface area (Å²) in [5.41, 5.74) is -0.416. The smallest absolute Gasteiger partial charge is 0.408 e. The van der Waals surface area contributed by atoms with Crippen LogP contribution >= 0.6 is 0 Å². The fourth-order valence-corrected chi connectivity index (χ4v) is 2.34. The third kappa shape index (κ3) is 8.06. The summed E-state index contributed by atoms with van der Waals surface area (Å²) in [5, 5.41) is 16.4. The predicted molar refractivity (Wildman–Crippen MR) is 107 cm³/mol. The third-order valence-electron chi connectivity index (χ3n) is 3.85. The Hall–Kier alpha value is -2.68. The van der Waals surface area contributed by atoms with E-state index in [1.54, 1.807) is 34.6 Å². The second-order valence-electron chi connectivity index (χ2n) is 8.06. The van der Waals surface area contributed by atoms with Crippen molar-refractivity contribution in [2.75, 3.05) is 5.32 Å². The van der Waals surface area contributed by atoms with Crippen LogP contribution in [0.4, 0.5) is 14.9 Å². The molecule has 3 amide bonds. The first-order valence-corrected chi connectivity index (χ1v) is 9.34. The molecule has 29 heavy (non-hydrogen) atoms. The van der Waals surface area contributed by atoms with Crippen LogP contribution in [0, 0.1) is 11.7 Å². The van der Waals surface area contributed by atoms with Crippen molar-refractivity contribution in [1.82, 2.24) is 10.6 Å². The van der Waals surface area contributed by atoms with E-state index >= 15 is 0 Å². The summed E-state index contributed by atoms with van der Waals surface area (Å²) in [4.78, 5) is 36.8. The number of aliphatic hydroxyl groups excluding tert-OH is 1. The third-order valence-corrected chi connectivity index (χ3v) is 3.85. The first kappa shape index (κ1) is 24.4. The number of carbonyl (C=O) groups excluding carboxylic acids is 3. The summed E-state index contributed by atoms with van der Waals surface area (Å²) >= 11 is 0. The normalized spacial score (nSPS) is 13.4. The number of alkyl carbamates (subject to hydrolysis) is 1. The minimum Gasteiger partial charge on any atom is -0.444 e. The second-order valence-corrected chi connectivity index (χ2v) is 8.06. The van der Waals surface area contributed by atoms with Crippen molar-refractivity contribution in [3.05, 3.63) is 29.6 Å². The van der Waals surface area contributed by atoms with Gasteiger partial charge in [-0.2, -0.15) is 0 Å². The SMILES string of the molecule is CC(C)[C@H](NC(=O)OC(C)(C)C)C(=O)N[C@@H](C)C(=O)Nc1ccc(CO)cc1F. The summed E-state index contributed by atoms with van der Waals surface area (Å²) < 4.78 is 19.1. The van der Waals surface area contributed by atoms with Crippen LogP contribution in [0.5, 0.6) is 0 Å². The number of carbonyl (C=O) groups is 3. The molecule has 0 unspecified atom stereocenters. The van der Waals surface area contributed by atoms with E-state index in [1.807, 2.05) is 0 Å². The molecule has 0 fully saturated rings. The van der Waals surface area contributed by atoms with Crippen LogP contribution in [0.1, 0.15) is 47.1 Å². The van der Waals surface area contributed by atoms with Gasteiger partial charge in [-0.25, -0.2) is 9.18 Å². The number of anilines is 1. The van der Waals surface area contributed by atoms with E-state index in [0.29, 0.717) is 5.56 Å². The first-order chi connectivity index (χ1) is 13.3. The van der Waals surface area contributed by atoms with Gasteiger partial charge in [0.1, 0.15) is 23.5 Å². The van der Waals surface area contributed by atoms with Crippen LogP contribution in [0.3, 0.4) is 0 Å². The summed E-state index contributed by atoms with van der Waals surface area (Å²) in [7, 11) is 0. The molecule has 162 valence electrons. The predicted octanol–water partition coefficient (Wildman–Crippen LogP) is 2.31. The highest BCUT2D eigenvalue weighted by molar-refractivity contribution is 5.98. The molecular weight excluding hydrogens is 381 g/mol. The minimum absolute atomic E-state index is 0.0689. The highest BCUT2D eigenvalue weighted by Crippen LogP contribution is 2.16. The number of hydrogen-bond acceptors (Lipinski definition) is 5. The molecule has 8 nitrogen and oxygen atoms in total. The Bertz CT molecular complexity index is 746. The molecule has 0 aliphatic carbocycles. The topological polar surface area (TPSA) is 117 Å². The zero-order valence-corrected chi connectivity index (χ0v) is 17.6. The number of nitrogens with one attached hydrogen (secondary N) is 3. The number of hydrogen-bond donors (Lipinski definition) is 4. The highest BCUT2D eigenvalue weighted by Gasteiger charge is 2.29. The standard InChI is InChI=1S/C20H30FN3O5/c1-11(2)16(24-19(28)29-20(4,5)6)18(27)22-12(3)17(26)23-15-8-7-13(10-25)9-14(15)21/h7-9,11-12,16,25H,10H2,1-6H3,(H,22,27)(H,23,26)(H,24,28)/t12-,16-/m0/s1. The number of rotatable bonds is 7. The fourth-order valence-electron chi connectivity index (χ4n) is 2.34. The molecule has 1 aromatic carbocycles. The monoisotopic (exact) mass is 411 g/mol. The maximum atomic E-state index is 14.0. The second kappa shape index (κ2) is 10.2. The van der Waals surface area contributed by atoms with Gasteiger partial charge in [-0.1, -0.05) is 19.9 Å². The minimum atomic E-state index is -0.985. The van der Waals surface area contributed by atoms with E-state index in [9.17, 15) is 18.8 Å². The van der Waals surface area contributed by atoms with Gasteiger partial charge in [0.15, 0.2) is 0 Å². The number of benzene rings is 1. The summed E-state index contributed by atoms with van der Waals surface area (Å²) in [6.45, 7) is 9.72. The van der Waals surface area contributed by atoms with Crippen molar-refractivity contribution >= 4 is 23.6 Å². The molecule has 1 aromatic rings. The molecule has 0 aromatic heterocycles. The van der Waals surface area contributed by atoms with Gasteiger partial charge in [0.25, 0.3) is 0 Å². The average molecular weight is 411 g/mol. The van der Waals surface area contributed by atoms with Crippen LogP contribution < -0.4 is 16.0 Å². The van der Waals surface area contributed by atoms with Crippen molar-refractivity contribution in [3.63, 3.8) is 0 Å². The number of halogens is 1. The maximum Gasteiger partial charge on any atom is 0.408 e. The molecule has 0 saturated carbocycles. The number of amides is 3. The van der Waals surface area contributed by atoms with Crippen LogP contribution in [-0.4, -0.2) is 40.7 Å². The molecule has 1 rings (SSSR count). The van der Waals surface area contributed by atoms with E-state index < -0.39 is 41.4 Å². The van der Waals surface area contributed by atoms with E-state index in [1.165, 1.54) is 19.1 Å². The zero-order valence-electron chi connectivity index (χ0n) is 17.6. The van der Waals surface area contributed by atoms with Gasteiger partial charge in [0, 0.05) is 0 Å². The van der Waals surface area contributed by atoms with Crippen molar-refractivity contribution < 1.29 is 28.6 Å². The quantitative estimate of drug-likeness (QED) is 0.549. The summed E-state index contributed by atoms with van der Waals surface area (Å²) in [6, 6.07) is 2.01. The molecule has 0 bridgehead atoms. The Balaban J connectivity index is 2.74. The van der Waals surface area contributed by atoms with Crippen LogP contribution in [0.15, 0.2) is 18.2 Å². The molecule has 2 atom stereocenters. The molecule has 0 radical (unpaired) electrons. The van der Waals surface area contributed by atoms with Gasteiger partial charge in [0.05, 0.1) is 12.3 Å². The lowest BCUT2D eigenvalue weighted by Crippen LogP contribution is -2.54. The lowest BCUT2D eigenvalue weighted by atomic mass is 10.0. The first-order valence-electron chi connectivity index (χ1n) is 9.34. The van der Waals surface area contributed by atoms with Gasteiger partial charge in [-0.3, -0.25) is 9.59 Å². The molecule has 9 heteroatoms. The van der Waals surface area contributed by atoms with Crippen molar-refractivity contribution in [2.45, 2.75) is 65.8 Å². The summed E-state index contributed by atoms with van der Waals surface area (Å²) in [5.74, 6) is -2.16. The Labute approximate surface area is 170 Å². The molecule has 0 heterocycles. The number of ether oxygens (including phenoxy) is 1.